The molecule has 0 radical (unpaired) electrons. The summed E-state index contributed by atoms with van der Waals surface area (Å²) in [6.07, 6.45) is 0. The Morgan fingerprint density at radius 1 is 0.793 bits per heavy atom. The Morgan fingerprint density at radius 3 is 2.17 bits per heavy atom. The molecule has 1 heterocycles. The van der Waals surface area contributed by atoms with Crippen LogP contribution < -0.4 is 0 Å². The van der Waals surface area contributed by atoms with Gasteiger partial charge in [0.25, 0.3) is 0 Å². The van der Waals surface area contributed by atoms with Crippen molar-refractivity contribution in [1.82, 2.24) is 4.98 Å². The Hall–Kier alpha value is -2.90. The molecule has 3 aromatic carbocycles. The fourth-order valence-corrected chi connectivity index (χ4v) is 4.44. The number of sulfone groups is 1. The molecule has 0 atom stereocenters. The van der Waals surface area contributed by atoms with Crippen molar-refractivity contribution in [1.29, 1.82) is 0 Å². The van der Waals surface area contributed by atoms with Crippen molar-refractivity contribution in [3.05, 3.63) is 89.2 Å². The van der Waals surface area contributed by atoms with Gasteiger partial charge in [0.1, 0.15) is 17.5 Å². The third-order valence-corrected chi connectivity index (χ3v) is 6.30. The smallest absolute Gasteiger partial charge is 0.223 e. The van der Waals surface area contributed by atoms with Crippen LogP contribution in [0, 0.1) is 17.5 Å². The van der Waals surface area contributed by atoms with Gasteiger partial charge in [-0.05, 0) is 65.7 Å². The van der Waals surface area contributed by atoms with E-state index in [-0.39, 0.29) is 20.5 Å². The maximum absolute atomic E-state index is 13.8. The molecule has 0 aliphatic carbocycles. The molecule has 4 aromatic rings. The molecule has 0 saturated carbocycles. The second-order valence-electron chi connectivity index (χ2n) is 6.26. The van der Waals surface area contributed by atoms with Gasteiger partial charge in [-0.3, -0.25) is 0 Å². The zero-order valence-electron chi connectivity index (χ0n) is 14.5. The van der Waals surface area contributed by atoms with Crippen LogP contribution in [0.2, 0.25) is 5.02 Å². The zero-order chi connectivity index (χ0) is 20.8. The third-order valence-electron chi connectivity index (χ3n) is 4.38. The Morgan fingerprint density at radius 2 is 1.48 bits per heavy atom. The monoisotopic (exact) mass is 433 g/mol. The quantitative estimate of drug-likeness (QED) is 0.383. The Balaban J connectivity index is 1.99. The van der Waals surface area contributed by atoms with E-state index in [4.69, 9.17) is 11.6 Å². The van der Waals surface area contributed by atoms with Crippen molar-refractivity contribution >= 4 is 32.3 Å². The Bertz CT molecular complexity index is 1360. The maximum atomic E-state index is 13.8. The normalized spacial score (nSPS) is 11.7. The first kappa shape index (κ1) is 19.4. The fourth-order valence-electron chi connectivity index (χ4n) is 2.94. The largest absolute Gasteiger partial charge is 0.236 e. The summed E-state index contributed by atoms with van der Waals surface area (Å²) in [7, 11) is -4.15. The molecule has 0 unspecified atom stereocenters. The Labute approximate surface area is 169 Å². The van der Waals surface area contributed by atoms with E-state index in [0.29, 0.717) is 16.5 Å². The van der Waals surface area contributed by atoms with Gasteiger partial charge >= 0.3 is 0 Å². The number of nitrogens with zero attached hydrogens (tertiary/aromatic N) is 1. The van der Waals surface area contributed by atoms with E-state index in [0.717, 1.165) is 24.3 Å². The number of fused-ring (bicyclic) bond motifs is 1. The van der Waals surface area contributed by atoms with Gasteiger partial charge in [-0.15, -0.1) is 0 Å². The van der Waals surface area contributed by atoms with Crippen LogP contribution in [0.3, 0.4) is 0 Å². The maximum Gasteiger partial charge on any atom is 0.223 e. The van der Waals surface area contributed by atoms with E-state index >= 15 is 0 Å². The summed E-state index contributed by atoms with van der Waals surface area (Å²) in [4.78, 5) is 3.92. The summed E-state index contributed by atoms with van der Waals surface area (Å²) in [6, 6.07) is 13.4. The van der Waals surface area contributed by atoms with Crippen LogP contribution in [0.4, 0.5) is 13.2 Å². The predicted molar refractivity (Wildman–Crippen MR) is 104 cm³/mol. The van der Waals surface area contributed by atoms with Crippen LogP contribution in [0.15, 0.2) is 76.7 Å². The number of rotatable bonds is 3. The molecule has 0 fully saturated rings. The summed E-state index contributed by atoms with van der Waals surface area (Å²) in [5.74, 6) is -1.74. The lowest BCUT2D eigenvalue weighted by Crippen LogP contribution is -2.06. The minimum atomic E-state index is -4.15. The van der Waals surface area contributed by atoms with Crippen LogP contribution in [0.5, 0.6) is 0 Å². The molecule has 146 valence electrons. The SMILES string of the molecule is O=S(=O)(c1ccc(F)c(Cl)c1)c1cc(-c2ccc(F)cc2)c2cc(F)ccc2n1. The lowest BCUT2D eigenvalue weighted by molar-refractivity contribution is 0.591. The average Bonchev–Trinajstić information content (AvgIpc) is 2.70. The topological polar surface area (TPSA) is 47.0 Å². The van der Waals surface area contributed by atoms with Gasteiger partial charge in [0.2, 0.25) is 9.84 Å². The standard InChI is InChI=1S/C21H11ClF3NO2S/c22-18-10-15(6-7-19(18)25)29(27,28)21-11-16(12-1-3-13(23)4-2-12)17-9-14(24)5-8-20(17)26-21/h1-11H. The molecular formula is C21H11ClF3NO2S. The van der Waals surface area contributed by atoms with Crippen LogP contribution in [-0.4, -0.2) is 13.4 Å². The first-order chi connectivity index (χ1) is 13.8. The van der Waals surface area contributed by atoms with Gasteiger partial charge in [-0.1, -0.05) is 23.7 Å². The molecule has 0 saturated heterocycles. The molecule has 0 aliphatic rings. The van der Waals surface area contributed by atoms with Crippen molar-refractivity contribution in [2.75, 3.05) is 0 Å². The van der Waals surface area contributed by atoms with Gasteiger partial charge in [-0.25, -0.2) is 26.6 Å². The lowest BCUT2D eigenvalue weighted by Gasteiger charge is -2.11. The average molecular weight is 434 g/mol. The molecule has 0 spiro atoms. The predicted octanol–water partition coefficient (Wildman–Crippen LogP) is 5.81. The number of hydrogen-bond donors (Lipinski definition) is 0. The van der Waals surface area contributed by atoms with E-state index in [1.807, 2.05) is 0 Å². The van der Waals surface area contributed by atoms with Crippen LogP contribution >= 0.6 is 11.6 Å². The molecule has 1 aromatic heterocycles. The number of hydrogen-bond acceptors (Lipinski definition) is 3. The van der Waals surface area contributed by atoms with E-state index in [1.54, 1.807) is 0 Å². The number of aromatic nitrogens is 1. The highest BCUT2D eigenvalue weighted by Gasteiger charge is 2.23. The van der Waals surface area contributed by atoms with Crippen LogP contribution in [0.1, 0.15) is 0 Å². The van der Waals surface area contributed by atoms with Crippen LogP contribution in [0.25, 0.3) is 22.0 Å². The van der Waals surface area contributed by atoms with Crippen molar-refractivity contribution in [3.63, 3.8) is 0 Å². The van der Waals surface area contributed by atoms with Crippen molar-refractivity contribution in [2.45, 2.75) is 9.92 Å². The van der Waals surface area contributed by atoms with Gasteiger partial charge < -0.3 is 0 Å². The van der Waals surface area contributed by atoms with E-state index in [9.17, 15) is 21.6 Å². The molecule has 0 aliphatic heterocycles. The highest BCUT2D eigenvalue weighted by atomic mass is 35.5. The van der Waals surface area contributed by atoms with Gasteiger partial charge in [0.05, 0.1) is 15.4 Å². The number of benzene rings is 3. The Kier molecular flexibility index (Phi) is 4.80. The first-order valence-corrected chi connectivity index (χ1v) is 10.2. The van der Waals surface area contributed by atoms with E-state index in [2.05, 4.69) is 4.98 Å². The van der Waals surface area contributed by atoms with Crippen molar-refractivity contribution in [2.24, 2.45) is 0 Å². The second-order valence-corrected chi connectivity index (χ2v) is 8.56. The minimum Gasteiger partial charge on any atom is -0.236 e. The van der Waals surface area contributed by atoms with Gasteiger partial charge in [0.15, 0.2) is 5.03 Å². The van der Waals surface area contributed by atoms with Gasteiger partial charge in [-0.2, -0.15) is 0 Å². The van der Waals surface area contributed by atoms with Crippen molar-refractivity contribution < 1.29 is 21.6 Å². The minimum absolute atomic E-state index is 0.233. The summed E-state index contributed by atoms with van der Waals surface area (Å²) in [6.45, 7) is 0. The van der Waals surface area contributed by atoms with E-state index < -0.39 is 27.3 Å². The second kappa shape index (κ2) is 7.17. The lowest BCUT2D eigenvalue weighted by atomic mass is 10.0. The number of halogens is 4. The third kappa shape index (κ3) is 3.59. The molecule has 29 heavy (non-hydrogen) atoms. The molecule has 0 N–H and O–H groups in total. The molecule has 0 amide bonds. The highest BCUT2D eigenvalue weighted by molar-refractivity contribution is 7.91. The van der Waals surface area contributed by atoms with Crippen molar-refractivity contribution in [3.8, 4) is 11.1 Å². The van der Waals surface area contributed by atoms with E-state index in [1.165, 1.54) is 42.5 Å². The first-order valence-electron chi connectivity index (χ1n) is 8.32. The molecule has 4 rings (SSSR count). The molecular weight excluding hydrogens is 423 g/mol. The fraction of sp³-hybridized carbons (Fsp3) is 0. The molecule has 8 heteroatoms. The highest BCUT2D eigenvalue weighted by Crippen LogP contribution is 2.33. The summed E-state index contributed by atoms with van der Waals surface area (Å²) in [5.41, 5.74) is 1.08. The summed E-state index contributed by atoms with van der Waals surface area (Å²) >= 11 is 5.72. The summed E-state index contributed by atoms with van der Waals surface area (Å²) in [5, 5.41) is -0.293. The molecule has 3 nitrogen and oxygen atoms in total. The zero-order valence-corrected chi connectivity index (χ0v) is 16.1. The summed E-state index contributed by atoms with van der Waals surface area (Å²) < 4.78 is 66.7. The van der Waals surface area contributed by atoms with Crippen LogP contribution in [-0.2, 0) is 9.84 Å². The molecule has 0 bridgehead atoms. The number of pyridine rings is 1. The van der Waals surface area contributed by atoms with Gasteiger partial charge in [0, 0.05) is 5.39 Å².